The lowest BCUT2D eigenvalue weighted by Crippen LogP contribution is -2.52. The first-order chi connectivity index (χ1) is 5.84. The third-order valence-corrected chi connectivity index (χ3v) is 2.87. The van der Waals surface area contributed by atoms with E-state index in [-0.39, 0.29) is 0 Å². The zero-order chi connectivity index (χ0) is 8.39. The Morgan fingerprint density at radius 2 is 1.75 bits per heavy atom. The predicted molar refractivity (Wildman–Crippen MR) is 48.0 cm³/mol. The van der Waals surface area contributed by atoms with Crippen LogP contribution in [0.15, 0.2) is 0 Å². The van der Waals surface area contributed by atoms with Gasteiger partial charge in [-0.3, -0.25) is 0 Å². The smallest absolute Gasteiger partial charge is 0.0480 e. The SMILES string of the molecule is NC1CC(NC2CCOCC2)C1. The summed E-state index contributed by atoms with van der Waals surface area (Å²) in [5.41, 5.74) is 5.71. The molecule has 1 aliphatic carbocycles. The fraction of sp³-hybridized carbons (Fsp3) is 1.00. The van der Waals surface area contributed by atoms with Crippen molar-refractivity contribution in [3.8, 4) is 0 Å². The third-order valence-electron chi connectivity index (χ3n) is 2.87. The second kappa shape index (κ2) is 3.73. The summed E-state index contributed by atoms with van der Waals surface area (Å²) in [7, 11) is 0. The van der Waals surface area contributed by atoms with E-state index in [1.54, 1.807) is 0 Å². The summed E-state index contributed by atoms with van der Waals surface area (Å²) in [5.74, 6) is 0. The molecule has 12 heavy (non-hydrogen) atoms. The second-order valence-corrected chi connectivity index (χ2v) is 3.98. The van der Waals surface area contributed by atoms with Gasteiger partial charge in [0.15, 0.2) is 0 Å². The number of rotatable bonds is 2. The van der Waals surface area contributed by atoms with E-state index in [1.165, 1.54) is 12.8 Å². The zero-order valence-corrected chi connectivity index (χ0v) is 7.46. The van der Waals surface area contributed by atoms with Crippen LogP contribution in [0.2, 0.25) is 0 Å². The predicted octanol–water partition coefficient (Wildman–Crippen LogP) is 0.245. The van der Waals surface area contributed by atoms with E-state index in [0.29, 0.717) is 18.1 Å². The van der Waals surface area contributed by atoms with Gasteiger partial charge >= 0.3 is 0 Å². The van der Waals surface area contributed by atoms with Crippen LogP contribution < -0.4 is 11.1 Å². The Morgan fingerprint density at radius 1 is 1.08 bits per heavy atom. The Balaban J connectivity index is 1.65. The maximum absolute atomic E-state index is 5.71. The molecular weight excluding hydrogens is 152 g/mol. The molecule has 2 fully saturated rings. The topological polar surface area (TPSA) is 47.3 Å². The molecule has 0 spiro atoms. The van der Waals surface area contributed by atoms with E-state index in [1.807, 2.05) is 0 Å². The molecule has 0 atom stereocenters. The summed E-state index contributed by atoms with van der Waals surface area (Å²) < 4.78 is 5.29. The average Bonchev–Trinajstić information content (AvgIpc) is 2.04. The van der Waals surface area contributed by atoms with E-state index in [2.05, 4.69) is 5.32 Å². The molecule has 2 rings (SSSR count). The molecule has 0 amide bonds. The van der Waals surface area contributed by atoms with E-state index in [9.17, 15) is 0 Å². The van der Waals surface area contributed by atoms with E-state index < -0.39 is 0 Å². The number of hydrogen-bond donors (Lipinski definition) is 2. The Bertz CT molecular complexity index is 139. The highest BCUT2D eigenvalue weighted by Crippen LogP contribution is 2.19. The van der Waals surface area contributed by atoms with Crippen LogP contribution in [-0.4, -0.2) is 31.3 Å². The monoisotopic (exact) mass is 170 g/mol. The third kappa shape index (κ3) is 1.97. The van der Waals surface area contributed by atoms with Crippen LogP contribution in [0.3, 0.4) is 0 Å². The highest BCUT2D eigenvalue weighted by atomic mass is 16.5. The van der Waals surface area contributed by atoms with Crippen molar-refractivity contribution >= 4 is 0 Å². The van der Waals surface area contributed by atoms with E-state index in [0.717, 1.165) is 26.1 Å². The average molecular weight is 170 g/mol. The standard InChI is InChI=1S/C9H18N2O/c10-7-5-9(6-7)11-8-1-3-12-4-2-8/h7-9,11H,1-6,10H2. The summed E-state index contributed by atoms with van der Waals surface area (Å²) >= 11 is 0. The molecule has 3 heteroatoms. The van der Waals surface area contributed by atoms with Crippen molar-refractivity contribution in [3.63, 3.8) is 0 Å². The minimum atomic E-state index is 0.461. The van der Waals surface area contributed by atoms with E-state index in [4.69, 9.17) is 10.5 Å². The van der Waals surface area contributed by atoms with Crippen molar-refractivity contribution in [1.82, 2.24) is 5.32 Å². The van der Waals surface area contributed by atoms with Crippen LogP contribution in [0.25, 0.3) is 0 Å². The lowest BCUT2D eigenvalue weighted by atomic mass is 9.86. The summed E-state index contributed by atoms with van der Waals surface area (Å²) in [6, 6.07) is 1.85. The van der Waals surface area contributed by atoms with Crippen LogP contribution in [0.5, 0.6) is 0 Å². The molecule has 0 bridgehead atoms. The first-order valence-electron chi connectivity index (χ1n) is 4.94. The summed E-state index contributed by atoms with van der Waals surface area (Å²) in [6.07, 6.45) is 4.67. The van der Waals surface area contributed by atoms with Gasteiger partial charge in [-0.1, -0.05) is 0 Å². The first-order valence-corrected chi connectivity index (χ1v) is 4.94. The van der Waals surface area contributed by atoms with Crippen molar-refractivity contribution in [2.75, 3.05) is 13.2 Å². The zero-order valence-electron chi connectivity index (χ0n) is 7.46. The maximum atomic E-state index is 5.71. The molecule has 1 heterocycles. The lowest BCUT2D eigenvalue weighted by Gasteiger charge is -2.37. The van der Waals surface area contributed by atoms with Crippen LogP contribution in [0.1, 0.15) is 25.7 Å². The Labute approximate surface area is 73.7 Å². The van der Waals surface area contributed by atoms with Gasteiger partial charge in [0.1, 0.15) is 0 Å². The van der Waals surface area contributed by atoms with E-state index >= 15 is 0 Å². The highest BCUT2D eigenvalue weighted by molar-refractivity contribution is 4.90. The highest BCUT2D eigenvalue weighted by Gasteiger charge is 2.28. The molecule has 0 aromatic rings. The van der Waals surface area contributed by atoms with Crippen LogP contribution in [-0.2, 0) is 4.74 Å². The largest absolute Gasteiger partial charge is 0.381 e. The Kier molecular flexibility index (Phi) is 2.63. The van der Waals surface area contributed by atoms with Crippen molar-refractivity contribution in [3.05, 3.63) is 0 Å². The molecule has 1 aliphatic heterocycles. The molecule has 0 radical (unpaired) electrons. The molecule has 0 unspecified atom stereocenters. The van der Waals surface area contributed by atoms with Crippen molar-refractivity contribution < 1.29 is 4.74 Å². The molecule has 3 nitrogen and oxygen atoms in total. The van der Waals surface area contributed by atoms with Gasteiger partial charge in [0, 0.05) is 31.3 Å². The van der Waals surface area contributed by atoms with Gasteiger partial charge in [0.05, 0.1) is 0 Å². The molecular formula is C9H18N2O. The molecule has 0 aromatic heterocycles. The van der Waals surface area contributed by atoms with Gasteiger partial charge < -0.3 is 15.8 Å². The quantitative estimate of drug-likeness (QED) is 0.624. The van der Waals surface area contributed by atoms with Crippen molar-refractivity contribution in [2.45, 2.75) is 43.8 Å². The molecule has 1 saturated heterocycles. The van der Waals surface area contributed by atoms with Gasteiger partial charge in [0.25, 0.3) is 0 Å². The molecule has 1 saturated carbocycles. The second-order valence-electron chi connectivity index (χ2n) is 3.98. The normalized spacial score (nSPS) is 37.8. The Morgan fingerprint density at radius 3 is 2.33 bits per heavy atom. The Hall–Kier alpha value is -0.120. The summed E-state index contributed by atoms with van der Waals surface area (Å²) in [6.45, 7) is 1.85. The molecule has 2 aliphatic rings. The fourth-order valence-electron chi connectivity index (χ4n) is 2.00. The molecule has 0 aromatic carbocycles. The minimum Gasteiger partial charge on any atom is -0.381 e. The fourth-order valence-corrected chi connectivity index (χ4v) is 2.00. The van der Waals surface area contributed by atoms with Gasteiger partial charge in [-0.15, -0.1) is 0 Å². The molecule has 70 valence electrons. The lowest BCUT2D eigenvalue weighted by molar-refractivity contribution is 0.0700. The van der Waals surface area contributed by atoms with Gasteiger partial charge in [-0.05, 0) is 25.7 Å². The molecule has 3 N–H and O–H groups in total. The maximum Gasteiger partial charge on any atom is 0.0480 e. The van der Waals surface area contributed by atoms with Gasteiger partial charge in [0.2, 0.25) is 0 Å². The minimum absolute atomic E-state index is 0.461. The number of nitrogens with two attached hydrogens (primary N) is 1. The van der Waals surface area contributed by atoms with Crippen LogP contribution >= 0.6 is 0 Å². The summed E-state index contributed by atoms with van der Waals surface area (Å²) in [4.78, 5) is 0. The summed E-state index contributed by atoms with van der Waals surface area (Å²) in [5, 5.41) is 3.63. The van der Waals surface area contributed by atoms with Gasteiger partial charge in [-0.2, -0.15) is 0 Å². The van der Waals surface area contributed by atoms with Crippen molar-refractivity contribution in [2.24, 2.45) is 5.73 Å². The van der Waals surface area contributed by atoms with Crippen molar-refractivity contribution in [1.29, 1.82) is 0 Å². The van der Waals surface area contributed by atoms with Crippen LogP contribution in [0, 0.1) is 0 Å². The number of nitrogens with one attached hydrogen (secondary N) is 1. The van der Waals surface area contributed by atoms with Gasteiger partial charge in [-0.25, -0.2) is 0 Å². The number of ether oxygens (including phenoxy) is 1. The van der Waals surface area contributed by atoms with Crippen LogP contribution in [0.4, 0.5) is 0 Å². The first kappa shape index (κ1) is 8.48. The number of hydrogen-bond acceptors (Lipinski definition) is 3.